The number of fused-ring (bicyclic) bond motifs is 1. The summed E-state index contributed by atoms with van der Waals surface area (Å²) in [5.41, 5.74) is 2.15. The van der Waals surface area contributed by atoms with Crippen LogP contribution in [0.15, 0.2) is 18.2 Å². The number of hydrogen-bond donors (Lipinski definition) is 1. The summed E-state index contributed by atoms with van der Waals surface area (Å²) in [6.07, 6.45) is 4.13. The SMILES string of the molecule is COc1cc(OC)cc(C(=O)Nc2sc3c(c2C#N)CCCC3)c1. The molecular formula is C18H18N2O3S. The van der Waals surface area contributed by atoms with Crippen molar-refractivity contribution in [2.24, 2.45) is 0 Å². The molecule has 6 heteroatoms. The molecule has 0 saturated heterocycles. The maximum absolute atomic E-state index is 12.6. The molecule has 0 atom stereocenters. The average Bonchev–Trinajstić information content (AvgIpc) is 2.97. The van der Waals surface area contributed by atoms with Gasteiger partial charge in [0, 0.05) is 16.5 Å². The third-order valence-corrected chi connectivity index (χ3v) is 5.33. The van der Waals surface area contributed by atoms with Crippen LogP contribution in [0, 0.1) is 11.3 Å². The number of methoxy groups -OCH3 is 2. The lowest BCUT2D eigenvalue weighted by atomic mass is 9.96. The fraction of sp³-hybridized carbons (Fsp3) is 0.333. The third kappa shape index (κ3) is 3.08. The number of aryl methyl sites for hydroxylation is 1. The number of hydrogen-bond acceptors (Lipinski definition) is 5. The summed E-state index contributed by atoms with van der Waals surface area (Å²) in [5, 5.41) is 13.0. The van der Waals surface area contributed by atoms with Gasteiger partial charge in [-0.2, -0.15) is 5.26 Å². The monoisotopic (exact) mass is 342 g/mol. The summed E-state index contributed by atoms with van der Waals surface area (Å²) >= 11 is 1.51. The number of nitriles is 1. The number of carbonyl (C=O) groups is 1. The van der Waals surface area contributed by atoms with Gasteiger partial charge in [-0.1, -0.05) is 0 Å². The molecule has 3 rings (SSSR count). The number of rotatable bonds is 4. The summed E-state index contributed by atoms with van der Waals surface area (Å²) < 4.78 is 10.4. The summed E-state index contributed by atoms with van der Waals surface area (Å²) in [6, 6.07) is 7.26. The molecule has 1 N–H and O–H groups in total. The zero-order valence-electron chi connectivity index (χ0n) is 13.6. The van der Waals surface area contributed by atoms with Gasteiger partial charge < -0.3 is 14.8 Å². The summed E-state index contributed by atoms with van der Waals surface area (Å²) in [7, 11) is 3.08. The molecule has 1 aliphatic rings. The van der Waals surface area contributed by atoms with Crippen LogP contribution in [-0.4, -0.2) is 20.1 Å². The van der Waals surface area contributed by atoms with Crippen molar-refractivity contribution in [2.75, 3.05) is 19.5 Å². The largest absolute Gasteiger partial charge is 0.497 e. The van der Waals surface area contributed by atoms with Crippen LogP contribution < -0.4 is 14.8 Å². The quantitative estimate of drug-likeness (QED) is 0.918. The molecule has 0 unspecified atom stereocenters. The smallest absolute Gasteiger partial charge is 0.256 e. The first-order valence-corrected chi connectivity index (χ1v) is 8.57. The second-order valence-electron chi connectivity index (χ2n) is 5.58. The molecule has 124 valence electrons. The number of ether oxygens (including phenoxy) is 2. The maximum atomic E-state index is 12.6. The van der Waals surface area contributed by atoms with Crippen LogP contribution >= 0.6 is 11.3 Å². The fourth-order valence-corrected chi connectivity index (χ4v) is 4.12. The first kappa shape index (κ1) is 16.3. The van der Waals surface area contributed by atoms with Crippen molar-refractivity contribution in [1.82, 2.24) is 0 Å². The van der Waals surface area contributed by atoms with Crippen molar-refractivity contribution >= 4 is 22.2 Å². The van der Waals surface area contributed by atoms with E-state index in [0.29, 0.717) is 27.6 Å². The normalized spacial score (nSPS) is 12.9. The van der Waals surface area contributed by atoms with E-state index < -0.39 is 0 Å². The Morgan fingerprint density at radius 3 is 2.46 bits per heavy atom. The van der Waals surface area contributed by atoms with Gasteiger partial charge in [0.05, 0.1) is 19.8 Å². The van der Waals surface area contributed by atoms with Crippen LogP contribution in [0.1, 0.15) is 39.2 Å². The number of thiophene rings is 1. The molecule has 0 saturated carbocycles. The molecule has 0 spiro atoms. The zero-order chi connectivity index (χ0) is 17.1. The van der Waals surface area contributed by atoms with Crippen molar-refractivity contribution < 1.29 is 14.3 Å². The van der Waals surface area contributed by atoms with E-state index in [2.05, 4.69) is 11.4 Å². The standard InChI is InChI=1S/C18H18N2O3S/c1-22-12-7-11(8-13(9-12)23-2)17(21)20-18-15(10-19)14-5-3-4-6-16(14)24-18/h7-9H,3-6H2,1-2H3,(H,20,21). The lowest BCUT2D eigenvalue weighted by Crippen LogP contribution is -2.12. The van der Waals surface area contributed by atoms with Crippen molar-refractivity contribution in [3.63, 3.8) is 0 Å². The number of benzene rings is 1. The van der Waals surface area contributed by atoms with Gasteiger partial charge in [-0.3, -0.25) is 4.79 Å². The molecule has 1 amide bonds. The van der Waals surface area contributed by atoms with E-state index in [1.54, 1.807) is 18.2 Å². The van der Waals surface area contributed by atoms with E-state index in [-0.39, 0.29) is 5.91 Å². The number of anilines is 1. The van der Waals surface area contributed by atoms with Crippen LogP contribution in [-0.2, 0) is 12.8 Å². The Morgan fingerprint density at radius 2 is 1.83 bits per heavy atom. The zero-order valence-corrected chi connectivity index (χ0v) is 14.5. The fourth-order valence-electron chi connectivity index (χ4n) is 2.89. The van der Waals surface area contributed by atoms with Gasteiger partial charge in [0.15, 0.2) is 0 Å². The third-order valence-electron chi connectivity index (χ3n) is 4.12. The molecule has 1 heterocycles. The summed E-state index contributed by atoms with van der Waals surface area (Å²) in [6.45, 7) is 0. The molecule has 1 aliphatic carbocycles. The van der Waals surface area contributed by atoms with E-state index in [1.807, 2.05) is 0 Å². The summed E-state index contributed by atoms with van der Waals surface area (Å²) in [4.78, 5) is 13.8. The van der Waals surface area contributed by atoms with Crippen molar-refractivity contribution in [2.45, 2.75) is 25.7 Å². The van der Waals surface area contributed by atoms with Gasteiger partial charge in [0.25, 0.3) is 5.91 Å². The van der Waals surface area contributed by atoms with Gasteiger partial charge in [-0.05, 0) is 43.4 Å². The van der Waals surface area contributed by atoms with E-state index >= 15 is 0 Å². The van der Waals surface area contributed by atoms with Gasteiger partial charge in [0.2, 0.25) is 0 Å². The molecule has 5 nitrogen and oxygen atoms in total. The van der Waals surface area contributed by atoms with E-state index in [4.69, 9.17) is 9.47 Å². The predicted octanol–water partition coefficient (Wildman–Crippen LogP) is 3.77. The number of carbonyl (C=O) groups excluding carboxylic acids is 1. The van der Waals surface area contributed by atoms with Crippen LogP contribution in [0.25, 0.3) is 0 Å². The minimum Gasteiger partial charge on any atom is -0.497 e. The lowest BCUT2D eigenvalue weighted by Gasteiger charge is -2.09. The maximum Gasteiger partial charge on any atom is 0.256 e. The second kappa shape index (κ2) is 6.93. The Kier molecular flexibility index (Phi) is 4.72. The van der Waals surface area contributed by atoms with Crippen molar-refractivity contribution in [1.29, 1.82) is 5.26 Å². The highest BCUT2D eigenvalue weighted by Gasteiger charge is 2.22. The minimum absolute atomic E-state index is 0.276. The van der Waals surface area contributed by atoms with Gasteiger partial charge in [-0.25, -0.2) is 0 Å². The predicted molar refractivity (Wildman–Crippen MR) is 93.2 cm³/mol. The molecule has 1 aromatic carbocycles. The number of nitrogens with zero attached hydrogens (tertiary/aromatic N) is 1. The molecular weight excluding hydrogens is 324 g/mol. The molecule has 2 aromatic rings. The molecule has 1 aromatic heterocycles. The summed E-state index contributed by atoms with van der Waals surface area (Å²) in [5.74, 6) is 0.818. The molecule has 0 radical (unpaired) electrons. The van der Waals surface area contributed by atoms with E-state index in [9.17, 15) is 10.1 Å². The number of amides is 1. The van der Waals surface area contributed by atoms with Crippen molar-refractivity contribution in [3.8, 4) is 17.6 Å². The first-order chi connectivity index (χ1) is 11.7. The van der Waals surface area contributed by atoms with E-state index in [1.165, 1.54) is 30.4 Å². The Hall–Kier alpha value is -2.52. The van der Waals surface area contributed by atoms with E-state index in [0.717, 1.165) is 31.2 Å². The van der Waals surface area contributed by atoms with Gasteiger partial charge in [0.1, 0.15) is 22.6 Å². The highest BCUT2D eigenvalue weighted by molar-refractivity contribution is 7.16. The highest BCUT2D eigenvalue weighted by Crippen LogP contribution is 2.38. The first-order valence-electron chi connectivity index (χ1n) is 7.75. The van der Waals surface area contributed by atoms with Crippen LogP contribution in [0.4, 0.5) is 5.00 Å². The Morgan fingerprint density at radius 1 is 1.17 bits per heavy atom. The second-order valence-corrected chi connectivity index (χ2v) is 6.69. The lowest BCUT2D eigenvalue weighted by molar-refractivity contribution is 0.102. The Labute approximate surface area is 144 Å². The number of nitrogens with one attached hydrogen (secondary N) is 1. The topological polar surface area (TPSA) is 71.3 Å². The Bertz CT molecular complexity index is 798. The molecule has 0 aliphatic heterocycles. The Balaban J connectivity index is 1.90. The van der Waals surface area contributed by atoms with Crippen LogP contribution in [0.5, 0.6) is 11.5 Å². The molecule has 0 fully saturated rings. The molecule has 0 bridgehead atoms. The van der Waals surface area contributed by atoms with Gasteiger partial charge in [-0.15, -0.1) is 11.3 Å². The van der Waals surface area contributed by atoms with Crippen LogP contribution in [0.3, 0.4) is 0 Å². The van der Waals surface area contributed by atoms with Crippen LogP contribution in [0.2, 0.25) is 0 Å². The minimum atomic E-state index is -0.276. The molecule has 24 heavy (non-hydrogen) atoms. The van der Waals surface area contributed by atoms with Crippen molar-refractivity contribution in [3.05, 3.63) is 39.8 Å². The van der Waals surface area contributed by atoms with Gasteiger partial charge >= 0.3 is 0 Å². The average molecular weight is 342 g/mol. The highest BCUT2D eigenvalue weighted by atomic mass is 32.1.